The third kappa shape index (κ3) is 1.19. The smallest absolute Gasteiger partial charge is 0.159 e. The number of hydrogen-bond donors (Lipinski definition) is 1. The molecule has 2 aliphatic carbocycles. The van der Waals surface area contributed by atoms with E-state index in [4.69, 9.17) is 4.74 Å². The number of rotatable bonds is 0. The van der Waals surface area contributed by atoms with Crippen LogP contribution < -0.4 is 0 Å². The Kier molecular flexibility index (Phi) is 2.52. The van der Waals surface area contributed by atoms with Gasteiger partial charge in [0.15, 0.2) is 5.78 Å². The lowest BCUT2D eigenvalue weighted by Gasteiger charge is -2.64. The van der Waals surface area contributed by atoms with E-state index in [1.807, 2.05) is 6.08 Å². The highest BCUT2D eigenvalue weighted by atomic mass is 16.5. The topological polar surface area (TPSA) is 46.5 Å². The zero-order valence-corrected chi connectivity index (χ0v) is 11.3. The van der Waals surface area contributed by atoms with E-state index in [1.54, 1.807) is 6.08 Å². The third-order valence-corrected chi connectivity index (χ3v) is 5.84. The monoisotopic (exact) mass is 250 g/mol. The Morgan fingerprint density at radius 3 is 2.83 bits per heavy atom. The largest absolute Gasteiger partial charge is 0.390 e. The van der Waals surface area contributed by atoms with Gasteiger partial charge < -0.3 is 9.84 Å². The molecule has 1 heterocycles. The summed E-state index contributed by atoms with van der Waals surface area (Å²) in [5, 5.41) is 10.5. The van der Waals surface area contributed by atoms with E-state index in [0.29, 0.717) is 12.5 Å². The van der Waals surface area contributed by atoms with Gasteiger partial charge in [-0.05, 0) is 36.8 Å². The van der Waals surface area contributed by atoms with Crippen molar-refractivity contribution in [3.63, 3.8) is 0 Å². The molecule has 18 heavy (non-hydrogen) atoms. The second-order valence-electron chi connectivity index (χ2n) is 6.57. The summed E-state index contributed by atoms with van der Waals surface area (Å²) in [5.41, 5.74) is -0.913. The van der Waals surface area contributed by atoms with E-state index in [2.05, 4.69) is 20.8 Å². The number of carbonyl (C=O) groups is 1. The molecule has 3 nitrogen and oxygen atoms in total. The minimum absolute atomic E-state index is 0.0128. The van der Waals surface area contributed by atoms with E-state index in [0.717, 1.165) is 12.8 Å². The zero-order chi connectivity index (χ0) is 13.1. The Morgan fingerprint density at radius 1 is 1.39 bits per heavy atom. The van der Waals surface area contributed by atoms with Crippen LogP contribution >= 0.6 is 0 Å². The average molecular weight is 250 g/mol. The number of allylic oxidation sites excluding steroid dienone is 1. The van der Waals surface area contributed by atoms with E-state index in [1.165, 1.54) is 0 Å². The summed E-state index contributed by atoms with van der Waals surface area (Å²) in [6, 6.07) is 0. The predicted molar refractivity (Wildman–Crippen MR) is 68.0 cm³/mol. The highest BCUT2D eigenvalue weighted by Gasteiger charge is 2.66. The summed E-state index contributed by atoms with van der Waals surface area (Å²) < 4.78 is 6.10. The lowest BCUT2D eigenvalue weighted by molar-refractivity contribution is -0.260. The molecule has 0 amide bonds. The number of ketones is 1. The van der Waals surface area contributed by atoms with E-state index in [9.17, 15) is 9.90 Å². The minimum Gasteiger partial charge on any atom is -0.390 e. The highest BCUT2D eigenvalue weighted by Crippen LogP contribution is 2.61. The number of aliphatic hydroxyl groups excluding tert-OH is 1. The molecular formula is C15H22O3. The zero-order valence-electron chi connectivity index (χ0n) is 11.3. The van der Waals surface area contributed by atoms with Gasteiger partial charge in [0, 0.05) is 11.3 Å². The summed E-state index contributed by atoms with van der Waals surface area (Å²) in [5.74, 6) is 0.821. The van der Waals surface area contributed by atoms with Gasteiger partial charge in [-0.3, -0.25) is 4.79 Å². The first-order valence-electron chi connectivity index (χ1n) is 6.98. The molecule has 6 unspecified atom stereocenters. The Balaban J connectivity index is 2.20. The first-order valence-corrected chi connectivity index (χ1v) is 6.98. The summed E-state index contributed by atoms with van der Waals surface area (Å²) in [4.78, 5) is 12.3. The second-order valence-corrected chi connectivity index (χ2v) is 6.57. The van der Waals surface area contributed by atoms with Crippen molar-refractivity contribution in [2.24, 2.45) is 23.2 Å². The molecule has 2 fully saturated rings. The normalized spacial score (nSPS) is 55.2. The van der Waals surface area contributed by atoms with E-state index in [-0.39, 0.29) is 23.0 Å². The van der Waals surface area contributed by atoms with Crippen molar-refractivity contribution in [1.29, 1.82) is 0 Å². The molecule has 1 saturated carbocycles. The molecule has 0 radical (unpaired) electrons. The summed E-state index contributed by atoms with van der Waals surface area (Å²) in [7, 11) is 0. The quantitative estimate of drug-likeness (QED) is 0.714. The van der Waals surface area contributed by atoms with Gasteiger partial charge in [0.1, 0.15) is 5.60 Å². The van der Waals surface area contributed by atoms with Crippen LogP contribution in [0.1, 0.15) is 33.6 Å². The molecule has 100 valence electrons. The fourth-order valence-electron chi connectivity index (χ4n) is 4.65. The standard InChI is InChI=1S/C15H22O3/c1-9-8-18-15-7-6-11(16)13(9)14(15,3)10(2)4-5-12(15)17/h6-7,9-10,12-13,17H,4-5,8H2,1-3H3. The Bertz CT molecular complexity index is 416. The molecular weight excluding hydrogens is 228 g/mol. The van der Waals surface area contributed by atoms with Gasteiger partial charge in [0.05, 0.1) is 12.7 Å². The predicted octanol–water partition coefficient (Wildman–Crippen LogP) is 1.94. The minimum atomic E-state index is -0.643. The van der Waals surface area contributed by atoms with Gasteiger partial charge in [0.2, 0.25) is 0 Å². The van der Waals surface area contributed by atoms with Crippen molar-refractivity contribution in [2.45, 2.75) is 45.3 Å². The lowest BCUT2D eigenvalue weighted by atomic mass is 9.47. The fourth-order valence-corrected chi connectivity index (χ4v) is 4.65. The van der Waals surface area contributed by atoms with Crippen LogP contribution in [0, 0.1) is 23.2 Å². The van der Waals surface area contributed by atoms with Crippen molar-refractivity contribution in [3.8, 4) is 0 Å². The van der Waals surface area contributed by atoms with Crippen molar-refractivity contribution < 1.29 is 14.6 Å². The van der Waals surface area contributed by atoms with Crippen molar-refractivity contribution >= 4 is 5.78 Å². The lowest BCUT2D eigenvalue weighted by Crippen LogP contribution is -2.70. The molecule has 1 aliphatic heterocycles. The van der Waals surface area contributed by atoms with Gasteiger partial charge in [-0.1, -0.05) is 20.8 Å². The van der Waals surface area contributed by atoms with Crippen LogP contribution in [0.2, 0.25) is 0 Å². The number of carbonyl (C=O) groups excluding carboxylic acids is 1. The summed E-state index contributed by atoms with van der Waals surface area (Å²) >= 11 is 0. The molecule has 1 N–H and O–H groups in total. The summed E-state index contributed by atoms with van der Waals surface area (Å²) in [6.07, 6.45) is 4.73. The van der Waals surface area contributed by atoms with Crippen LogP contribution in [0.15, 0.2) is 12.2 Å². The summed E-state index contributed by atoms with van der Waals surface area (Å²) in [6.45, 7) is 6.99. The molecule has 6 atom stereocenters. The van der Waals surface area contributed by atoms with Gasteiger partial charge in [-0.25, -0.2) is 0 Å². The number of ether oxygens (including phenoxy) is 1. The molecule has 3 heteroatoms. The maximum Gasteiger partial charge on any atom is 0.159 e. The SMILES string of the molecule is CC1COC23C=CC(=O)C1C2(C)C(C)CCC3O. The van der Waals surface area contributed by atoms with Crippen LogP contribution in [-0.4, -0.2) is 29.2 Å². The van der Waals surface area contributed by atoms with Gasteiger partial charge in [-0.15, -0.1) is 0 Å². The molecule has 0 aromatic rings. The molecule has 0 aromatic carbocycles. The Hall–Kier alpha value is -0.670. The first-order chi connectivity index (χ1) is 8.43. The maximum absolute atomic E-state index is 12.3. The van der Waals surface area contributed by atoms with E-state index < -0.39 is 11.7 Å². The average Bonchev–Trinajstić information content (AvgIpc) is 2.32. The van der Waals surface area contributed by atoms with Gasteiger partial charge in [0.25, 0.3) is 0 Å². The Morgan fingerprint density at radius 2 is 2.11 bits per heavy atom. The van der Waals surface area contributed by atoms with Crippen molar-refractivity contribution in [1.82, 2.24) is 0 Å². The molecule has 0 aromatic heterocycles. The second kappa shape index (κ2) is 3.67. The molecule has 3 aliphatic rings. The van der Waals surface area contributed by atoms with Crippen LogP contribution in [0.4, 0.5) is 0 Å². The molecule has 1 saturated heterocycles. The van der Waals surface area contributed by atoms with Crippen molar-refractivity contribution in [3.05, 3.63) is 12.2 Å². The molecule has 2 bridgehead atoms. The molecule has 3 rings (SSSR count). The van der Waals surface area contributed by atoms with Gasteiger partial charge >= 0.3 is 0 Å². The van der Waals surface area contributed by atoms with Crippen LogP contribution in [-0.2, 0) is 9.53 Å². The molecule has 0 spiro atoms. The van der Waals surface area contributed by atoms with Crippen LogP contribution in [0.3, 0.4) is 0 Å². The van der Waals surface area contributed by atoms with Crippen LogP contribution in [0.5, 0.6) is 0 Å². The Labute approximate surface area is 108 Å². The highest BCUT2D eigenvalue weighted by molar-refractivity contribution is 5.94. The number of hydrogen-bond acceptors (Lipinski definition) is 3. The van der Waals surface area contributed by atoms with Crippen molar-refractivity contribution in [2.75, 3.05) is 6.61 Å². The van der Waals surface area contributed by atoms with Crippen LogP contribution in [0.25, 0.3) is 0 Å². The first kappa shape index (κ1) is 12.4. The number of aliphatic hydroxyl groups is 1. The van der Waals surface area contributed by atoms with E-state index >= 15 is 0 Å². The maximum atomic E-state index is 12.3. The fraction of sp³-hybridized carbons (Fsp3) is 0.800. The third-order valence-electron chi connectivity index (χ3n) is 5.84. The van der Waals surface area contributed by atoms with Gasteiger partial charge in [-0.2, -0.15) is 0 Å².